The molecule has 0 aliphatic heterocycles. The molecule has 0 bridgehead atoms. The first-order chi connectivity index (χ1) is 17.1. The number of nitrogens with one attached hydrogen (secondary N) is 1. The van der Waals surface area contributed by atoms with Gasteiger partial charge in [-0.2, -0.15) is 0 Å². The van der Waals surface area contributed by atoms with E-state index in [4.69, 9.17) is 9.47 Å². The Morgan fingerprint density at radius 2 is 1.49 bits per heavy atom. The zero-order valence-electron chi connectivity index (χ0n) is 19.9. The standard InChI is InChI=1S/C29H28N2O4/c1-3-31(27-10-6-8-21-7-4-5-9-26(21)27)29(33)23-11-15-24(16-12-23)30-28(32)22-13-17-25(18-14-22)35-20-19-34-2/h4-18H,3,19-20H2,1-2H3,(H,30,32). The molecule has 6 heteroatoms. The van der Waals surface area contributed by atoms with Crippen LogP contribution in [-0.4, -0.2) is 38.7 Å². The van der Waals surface area contributed by atoms with Gasteiger partial charge in [0.2, 0.25) is 0 Å². The molecule has 0 unspecified atom stereocenters. The normalized spacial score (nSPS) is 10.7. The minimum absolute atomic E-state index is 0.0919. The van der Waals surface area contributed by atoms with E-state index in [0.29, 0.717) is 42.3 Å². The second kappa shape index (κ2) is 11.3. The summed E-state index contributed by atoms with van der Waals surface area (Å²) < 4.78 is 10.5. The molecule has 0 saturated heterocycles. The molecule has 0 aliphatic rings. The van der Waals surface area contributed by atoms with Crippen LogP contribution in [0.2, 0.25) is 0 Å². The van der Waals surface area contributed by atoms with Crippen LogP contribution in [0.3, 0.4) is 0 Å². The molecule has 4 rings (SSSR count). The maximum absolute atomic E-state index is 13.3. The highest BCUT2D eigenvalue weighted by Crippen LogP contribution is 2.28. The van der Waals surface area contributed by atoms with E-state index in [-0.39, 0.29) is 11.8 Å². The lowest BCUT2D eigenvalue weighted by atomic mass is 10.1. The van der Waals surface area contributed by atoms with Gasteiger partial charge in [0.1, 0.15) is 12.4 Å². The lowest BCUT2D eigenvalue weighted by Gasteiger charge is -2.23. The van der Waals surface area contributed by atoms with E-state index in [9.17, 15) is 9.59 Å². The molecule has 6 nitrogen and oxygen atoms in total. The van der Waals surface area contributed by atoms with E-state index in [2.05, 4.69) is 5.32 Å². The Balaban J connectivity index is 1.44. The number of amides is 2. The van der Waals surface area contributed by atoms with Gasteiger partial charge in [0, 0.05) is 35.9 Å². The van der Waals surface area contributed by atoms with Gasteiger partial charge in [0.05, 0.1) is 12.3 Å². The summed E-state index contributed by atoms with van der Waals surface area (Å²) in [4.78, 5) is 27.7. The zero-order chi connectivity index (χ0) is 24.6. The molecule has 0 fully saturated rings. The van der Waals surface area contributed by atoms with E-state index in [0.717, 1.165) is 16.5 Å². The molecule has 4 aromatic carbocycles. The number of carbonyl (C=O) groups excluding carboxylic acids is 2. The largest absolute Gasteiger partial charge is 0.491 e. The Labute approximate surface area is 205 Å². The van der Waals surface area contributed by atoms with Crippen LogP contribution in [0.15, 0.2) is 91.0 Å². The summed E-state index contributed by atoms with van der Waals surface area (Å²) in [5.74, 6) is 0.345. The van der Waals surface area contributed by atoms with E-state index in [1.165, 1.54) is 0 Å². The highest BCUT2D eigenvalue weighted by Gasteiger charge is 2.18. The Kier molecular flexibility index (Phi) is 7.75. The number of hydrogen-bond acceptors (Lipinski definition) is 4. The number of fused-ring (bicyclic) bond motifs is 1. The third-order valence-corrected chi connectivity index (χ3v) is 5.68. The number of ether oxygens (including phenoxy) is 2. The smallest absolute Gasteiger partial charge is 0.258 e. The van der Waals surface area contributed by atoms with Gasteiger partial charge in [-0.25, -0.2) is 0 Å². The highest BCUT2D eigenvalue weighted by atomic mass is 16.5. The van der Waals surface area contributed by atoms with Gasteiger partial charge in [-0.1, -0.05) is 36.4 Å². The number of carbonyl (C=O) groups is 2. The molecule has 178 valence electrons. The Bertz CT molecular complexity index is 1300. The first-order valence-electron chi connectivity index (χ1n) is 11.5. The van der Waals surface area contributed by atoms with Crippen LogP contribution in [-0.2, 0) is 4.74 Å². The van der Waals surface area contributed by atoms with E-state index < -0.39 is 0 Å². The van der Waals surface area contributed by atoms with Gasteiger partial charge in [0.25, 0.3) is 11.8 Å². The second-order valence-corrected chi connectivity index (χ2v) is 7.94. The summed E-state index contributed by atoms with van der Waals surface area (Å²) in [6.45, 7) is 3.44. The van der Waals surface area contributed by atoms with Crippen LogP contribution >= 0.6 is 0 Å². The van der Waals surface area contributed by atoms with Crippen molar-refractivity contribution in [3.8, 4) is 5.75 Å². The van der Waals surface area contributed by atoms with Gasteiger partial charge in [0.15, 0.2) is 0 Å². The average molecular weight is 469 g/mol. The summed E-state index contributed by atoms with van der Waals surface area (Å²) >= 11 is 0. The number of nitrogens with zero attached hydrogens (tertiary/aromatic N) is 1. The van der Waals surface area contributed by atoms with Gasteiger partial charge >= 0.3 is 0 Å². The molecule has 1 N–H and O–H groups in total. The topological polar surface area (TPSA) is 67.9 Å². The monoisotopic (exact) mass is 468 g/mol. The predicted molar refractivity (Wildman–Crippen MR) is 140 cm³/mol. The molecule has 35 heavy (non-hydrogen) atoms. The molecule has 0 atom stereocenters. The molecule has 4 aromatic rings. The minimum atomic E-state index is -0.238. The molecule has 0 radical (unpaired) electrons. The van der Waals surface area contributed by atoms with Crippen molar-refractivity contribution in [3.05, 3.63) is 102 Å². The molecule has 0 heterocycles. The number of benzene rings is 4. The first kappa shape index (κ1) is 24.0. The van der Waals surface area contributed by atoms with Crippen LogP contribution in [0.5, 0.6) is 5.75 Å². The SMILES string of the molecule is CCN(C(=O)c1ccc(NC(=O)c2ccc(OCCOC)cc2)cc1)c1cccc2ccccc12. The summed E-state index contributed by atoms with van der Waals surface area (Å²) in [5.41, 5.74) is 2.55. The van der Waals surface area contributed by atoms with E-state index in [1.807, 2.05) is 49.4 Å². The number of rotatable bonds is 9. The van der Waals surface area contributed by atoms with Crippen molar-refractivity contribution in [2.45, 2.75) is 6.92 Å². The molecule has 0 aliphatic carbocycles. The van der Waals surface area contributed by atoms with Crippen LogP contribution in [0.25, 0.3) is 10.8 Å². The van der Waals surface area contributed by atoms with Crippen molar-refractivity contribution in [1.29, 1.82) is 0 Å². The Morgan fingerprint density at radius 3 is 2.20 bits per heavy atom. The first-order valence-corrected chi connectivity index (χ1v) is 11.5. The number of hydrogen-bond donors (Lipinski definition) is 1. The van der Waals surface area contributed by atoms with Crippen molar-refractivity contribution in [1.82, 2.24) is 0 Å². The van der Waals surface area contributed by atoms with Gasteiger partial charge in [-0.3, -0.25) is 9.59 Å². The molecule has 0 saturated carbocycles. The fourth-order valence-corrected chi connectivity index (χ4v) is 3.87. The van der Waals surface area contributed by atoms with Crippen LogP contribution in [0.4, 0.5) is 11.4 Å². The van der Waals surface area contributed by atoms with Gasteiger partial charge in [-0.05, 0) is 66.9 Å². The fraction of sp³-hybridized carbons (Fsp3) is 0.172. The quantitative estimate of drug-likeness (QED) is 0.316. The lowest BCUT2D eigenvalue weighted by molar-refractivity contribution is 0.0987. The van der Waals surface area contributed by atoms with Gasteiger partial charge < -0.3 is 19.7 Å². The second-order valence-electron chi connectivity index (χ2n) is 7.94. The number of methoxy groups -OCH3 is 1. The summed E-state index contributed by atoms with van der Waals surface area (Å²) in [5, 5.41) is 4.99. The summed E-state index contributed by atoms with van der Waals surface area (Å²) in [6.07, 6.45) is 0. The Morgan fingerprint density at radius 1 is 0.800 bits per heavy atom. The Hall–Kier alpha value is -4.16. The fourth-order valence-electron chi connectivity index (χ4n) is 3.87. The summed E-state index contributed by atoms with van der Waals surface area (Å²) in [7, 11) is 1.62. The molecule has 0 spiro atoms. The number of anilines is 2. The molecule has 2 amide bonds. The minimum Gasteiger partial charge on any atom is -0.491 e. The average Bonchev–Trinajstić information content (AvgIpc) is 2.90. The lowest BCUT2D eigenvalue weighted by Crippen LogP contribution is -2.30. The maximum atomic E-state index is 13.3. The van der Waals surface area contributed by atoms with Crippen molar-refractivity contribution < 1.29 is 19.1 Å². The van der Waals surface area contributed by atoms with Crippen LogP contribution in [0.1, 0.15) is 27.6 Å². The maximum Gasteiger partial charge on any atom is 0.258 e. The summed E-state index contributed by atoms with van der Waals surface area (Å²) in [6, 6.07) is 27.9. The van der Waals surface area contributed by atoms with E-state index >= 15 is 0 Å². The van der Waals surface area contributed by atoms with E-state index in [1.54, 1.807) is 60.5 Å². The molecule has 0 aromatic heterocycles. The third kappa shape index (κ3) is 5.67. The molecular formula is C29H28N2O4. The van der Waals surface area contributed by atoms with Crippen LogP contribution < -0.4 is 15.0 Å². The predicted octanol–water partition coefficient (Wildman–Crippen LogP) is 5.78. The third-order valence-electron chi connectivity index (χ3n) is 5.68. The van der Waals surface area contributed by atoms with Gasteiger partial charge in [-0.15, -0.1) is 0 Å². The molecular weight excluding hydrogens is 440 g/mol. The van der Waals surface area contributed by atoms with Crippen LogP contribution in [0, 0.1) is 0 Å². The van der Waals surface area contributed by atoms with Crippen molar-refractivity contribution in [2.24, 2.45) is 0 Å². The van der Waals surface area contributed by atoms with Crippen molar-refractivity contribution in [2.75, 3.05) is 37.1 Å². The highest BCUT2D eigenvalue weighted by molar-refractivity contribution is 6.11. The zero-order valence-corrected chi connectivity index (χ0v) is 19.9. The van der Waals surface area contributed by atoms with Crippen molar-refractivity contribution >= 4 is 34.0 Å². The van der Waals surface area contributed by atoms with Crippen molar-refractivity contribution in [3.63, 3.8) is 0 Å².